The first kappa shape index (κ1) is 12.1. The highest BCUT2D eigenvalue weighted by molar-refractivity contribution is 5.80. The van der Waals surface area contributed by atoms with E-state index in [4.69, 9.17) is 10.2 Å². The quantitative estimate of drug-likeness (QED) is 0.596. The SMILES string of the molecule is O=C(NCC[C@H](O)C(=O)O)C1CC2C=CC1C2. The van der Waals surface area contributed by atoms with Crippen LogP contribution in [-0.2, 0) is 9.59 Å². The highest BCUT2D eigenvalue weighted by atomic mass is 16.4. The van der Waals surface area contributed by atoms with Crippen molar-refractivity contribution in [3.8, 4) is 0 Å². The van der Waals surface area contributed by atoms with Crippen molar-refractivity contribution in [1.29, 1.82) is 0 Å². The molecule has 0 aliphatic heterocycles. The summed E-state index contributed by atoms with van der Waals surface area (Å²) in [5.41, 5.74) is 0. The summed E-state index contributed by atoms with van der Waals surface area (Å²) in [6.45, 7) is 0.212. The lowest BCUT2D eigenvalue weighted by molar-refractivity contribution is -0.147. The lowest BCUT2D eigenvalue weighted by Crippen LogP contribution is -2.35. The summed E-state index contributed by atoms with van der Waals surface area (Å²) in [6, 6.07) is 0. The van der Waals surface area contributed by atoms with E-state index in [1.54, 1.807) is 0 Å². The molecular formula is C12H17NO4. The highest BCUT2D eigenvalue weighted by Crippen LogP contribution is 2.43. The predicted molar refractivity (Wildman–Crippen MR) is 60.1 cm³/mol. The number of carboxylic acid groups (broad SMARTS) is 1. The Hall–Kier alpha value is -1.36. The molecule has 0 aromatic rings. The minimum absolute atomic E-state index is 0.0144. The molecule has 1 saturated carbocycles. The fraction of sp³-hybridized carbons (Fsp3) is 0.667. The van der Waals surface area contributed by atoms with Crippen molar-refractivity contribution in [3.63, 3.8) is 0 Å². The molecule has 0 aromatic heterocycles. The first-order valence-electron chi connectivity index (χ1n) is 5.95. The zero-order chi connectivity index (χ0) is 12.4. The molecule has 1 fully saturated rings. The molecule has 4 atom stereocenters. The van der Waals surface area contributed by atoms with E-state index in [-0.39, 0.29) is 24.8 Å². The smallest absolute Gasteiger partial charge is 0.332 e. The van der Waals surface area contributed by atoms with Crippen LogP contribution in [0.2, 0.25) is 0 Å². The van der Waals surface area contributed by atoms with Crippen LogP contribution in [-0.4, -0.2) is 34.7 Å². The number of aliphatic hydroxyl groups excluding tert-OH is 1. The van der Waals surface area contributed by atoms with E-state index in [1.165, 1.54) is 0 Å². The van der Waals surface area contributed by atoms with Crippen LogP contribution in [0, 0.1) is 17.8 Å². The van der Waals surface area contributed by atoms with Crippen LogP contribution in [0.25, 0.3) is 0 Å². The molecule has 2 rings (SSSR count). The molecule has 2 aliphatic rings. The summed E-state index contributed by atoms with van der Waals surface area (Å²) >= 11 is 0. The standard InChI is InChI=1S/C12H17NO4/c14-10(12(16)17)3-4-13-11(15)9-6-7-1-2-8(9)5-7/h1-2,7-10,14H,3-6H2,(H,13,15)(H,16,17)/t7?,8?,9?,10-/m0/s1. The summed E-state index contributed by atoms with van der Waals surface area (Å²) < 4.78 is 0. The molecule has 94 valence electrons. The molecule has 5 heteroatoms. The number of carbonyl (C=O) groups excluding carboxylic acids is 1. The molecule has 2 aliphatic carbocycles. The van der Waals surface area contributed by atoms with Crippen molar-refractivity contribution in [3.05, 3.63) is 12.2 Å². The molecule has 0 saturated heterocycles. The number of hydrogen-bond acceptors (Lipinski definition) is 3. The second-order valence-corrected chi connectivity index (χ2v) is 4.82. The first-order valence-corrected chi connectivity index (χ1v) is 5.95. The zero-order valence-electron chi connectivity index (χ0n) is 9.50. The molecule has 0 radical (unpaired) electrons. The van der Waals surface area contributed by atoms with Crippen LogP contribution in [0.15, 0.2) is 12.2 Å². The Morgan fingerprint density at radius 1 is 1.35 bits per heavy atom. The minimum atomic E-state index is -1.39. The van der Waals surface area contributed by atoms with E-state index in [1.807, 2.05) is 0 Å². The maximum Gasteiger partial charge on any atom is 0.332 e. The van der Waals surface area contributed by atoms with E-state index in [0.717, 1.165) is 12.8 Å². The lowest BCUT2D eigenvalue weighted by atomic mass is 9.93. The van der Waals surface area contributed by atoms with Crippen LogP contribution in [0.3, 0.4) is 0 Å². The molecule has 1 amide bonds. The van der Waals surface area contributed by atoms with Crippen molar-refractivity contribution >= 4 is 11.9 Å². The van der Waals surface area contributed by atoms with E-state index in [0.29, 0.717) is 11.8 Å². The topological polar surface area (TPSA) is 86.6 Å². The van der Waals surface area contributed by atoms with Crippen molar-refractivity contribution in [2.45, 2.75) is 25.4 Å². The van der Waals surface area contributed by atoms with Gasteiger partial charge < -0.3 is 15.5 Å². The molecule has 0 spiro atoms. The molecule has 2 bridgehead atoms. The lowest BCUT2D eigenvalue weighted by Gasteiger charge is -2.17. The number of aliphatic carboxylic acids is 1. The molecule has 0 aromatic carbocycles. The number of nitrogens with one attached hydrogen (secondary N) is 1. The largest absolute Gasteiger partial charge is 0.479 e. The first-order chi connectivity index (χ1) is 8.08. The van der Waals surface area contributed by atoms with Crippen molar-refractivity contribution in [2.75, 3.05) is 6.54 Å². The van der Waals surface area contributed by atoms with Gasteiger partial charge in [0, 0.05) is 18.9 Å². The average molecular weight is 239 g/mol. The van der Waals surface area contributed by atoms with Crippen LogP contribution < -0.4 is 5.32 Å². The maximum atomic E-state index is 11.8. The Bertz CT molecular complexity index is 352. The molecule has 3 unspecified atom stereocenters. The van der Waals surface area contributed by atoms with Gasteiger partial charge in [-0.3, -0.25) is 4.79 Å². The van der Waals surface area contributed by atoms with E-state index in [9.17, 15) is 9.59 Å². The number of fused-ring (bicyclic) bond motifs is 2. The Morgan fingerprint density at radius 3 is 2.65 bits per heavy atom. The third-order valence-corrected chi connectivity index (χ3v) is 3.62. The monoisotopic (exact) mass is 239 g/mol. The number of hydrogen-bond donors (Lipinski definition) is 3. The van der Waals surface area contributed by atoms with Gasteiger partial charge in [-0.2, -0.15) is 0 Å². The summed E-state index contributed by atoms with van der Waals surface area (Å²) in [7, 11) is 0. The van der Waals surface area contributed by atoms with Gasteiger partial charge in [-0.05, 0) is 24.7 Å². The van der Waals surface area contributed by atoms with E-state index >= 15 is 0 Å². The van der Waals surface area contributed by atoms with Crippen LogP contribution in [0.1, 0.15) is 19.3 Å². The van der Waals surface area contributed by atoms with Gasteiger partial charge in [0.25, 0.3) is 0 Å². The molecule has 17 heavy (non-hydrogen) atoms. The van der Waals surface area contributed by atoms with Crippen molar-refractivity contribution in [1.82, 2.24) is 5.32 Å². The maximum absolute atomic E-state index is 11.8. The van der Waals surface area contributed by atoms with Crippen LogP contribution >= 0.6 is 0 Å². The summed E-state index contributed by atoms with van der Waals surface area (Å²) in [6.07, 6.45) is 4.89. The number of carboxylic acids is 1. The fourth-order valence-corrected chi connectivity index (χ4v) is 2.67. The van der Waals surface area contributed by atoms with Gasteiger partial charge in [0.05, 0.1) is 0 Å². The second kappa shape index (κ2) is 4.87. The Balaban J connectivity index is 1.72. The summed E-state index contributed by atoms with van der Waals surface area (Å²) in [5.74, 6) is -0.335. The predicted octanol–water partition coefficient (Wildman–Crippen LogP) is 0.150. The summed E-state index contributed by atoms with van der Waals surface area (Å²) in [5, 5.41) is 20.2. The Morgan fingerprint density at radius 2 is 2.12 bits per heavy atom. The normalized spacial score (nSPS) is 31.5. The average Bonchev–Trinajstić information content (AvgIpc) is 2.90. The Kier molecular flexibility index (Phi) is 3.47. The molecule has 5 nitrogen and oxygen atoms in total. The van der Waals surface area contributed by atoms with E-state index in [2.05, 4.69) is 17.5 Å². The van der Waals surface area contributed by atoms with Gasteiger partial charge in [0.1, 0.15) is 0 Å². The van der Waals surface area contributed by atoms with Crippen LogP contribution in [0.5, 0.6) is 0 Å². The van der Waals surface area contributed by atoms with E-state index < -0.39 is 12.1 Å². The van der Waals surface area contributed by atoms with Gasteiger partial charge >= 0.3 is 5.97 Å². The third-order valence-electron chi connectivity index (χ3n) is 3.62. The fourth-order valence-electron chi connectivity index (χ4n) is 2.67. The molecular weight excluding hydrogens is 222 g/mol. The van der Waals surface area contributed by atoms with Gasteiger partial charge in [-0.15, -0.1) is 0 Å². The second-order valence-electron chi connectivity index (χ2n) is 4.82. The van der Waals surface area contributed by atoms with Gasteiger partial charge in [-0.1, -0.05) is 12.2 Å². The number of rotatable bonds is 5. The van der Waals surface area contributed by atoms with Gasteiger partial charge in [0.2, 0.25) is 5.91 Å². The van der Waals surface area contributed by atoms with Gasteiger partial charge in [0.15, 0.2) is 6.10 Å². The third kappa shape index (κ3) is 2.66. The minimum Gasteiger partial charge on any atom is -0.479 e. The number of allylic oxidation sites excluding steroid dienone is 2. The number of amides is 1. The summed E-state index contributed by atoms with van der Waals surface area (Å²) in [4.78, 5) is 22.2. The highest BCUT2D eigenvalue weighted by Gasteiger charge is 2.39. The molecule has 3 N–H and O–H groups in total. The molecule has 0 heterocycles. The zero-order valence-corrected chi connectivity index (χ0v) is 9.50. The van der Waals surface area contributed by atoms with Crippen molar-refractivity contribution < 1.29 is 19.8 Å². The Labute approximate surface area is 99.5 Å². The number of aliphatic hydroxyl groups is 1. The van der Waals surface area contributed by atoms with Gasteiger partial charge in [-0.25, -0.2) is 4.79 Å². The number of carbonyl (C=O) groups is 2. The van der Waals surface area contributed by atoms with Crippen LogP contribution in [0.4, 0.5) is 0 Å². The van der Waals surface area contributed by atoms with Crippen molar-refractivity contribution in [2.24, 2.45) is 17.8 Å².